The van der Waals surface area contributed by atoms with Crippen molar-refractivity contribution >= 4 is 17.3 Å². The first-order chi connectivity index (χ1) is 11.7. The van der Waals surface area contributed by atoms with Crippen LogP contribution in [0.5, 0.6) is 0 Å². The van der Waals surface area contributed by atoms with E-state index >= 15 is 0 Å². The Hall–Kier alpha value is -2.06. The maximum Gasteiger partial charge on any atom is 0.101 e. The van der Waals surface area contributed by atoms with Crippen LogP contribution in [0.2, 0.25) is 5.02 Å². The fourth-order valence-corrected chi connectivity index (χ4v) is 3.25. The maximum absolute atomic E-state index is 10.3. The summed E-state index contributed by atoms with van der Waals surface area (Å²) >= 11 is 6.02. The summed E-state index contributed by atoms with van der Waals surface area (Å²) in [6, 6.07) is 15.7. The van der Waals surface area contributed by atoms with Gasteiger partial charge < -0.3 is 10.4 Å². The molecule has 1 aliphatic heterocycles. The molecule has 0 saturated carbocycles. The highest BCUT2D eigenvalue weighted by atomic mass is 35.5. The highest BCUT2D eigenvalue weighted by molar-refractivity contribution is 6.32. The molecule has 3 rings (SSSR count). The SMILES string of the molecule is N#Cc1ccc(NCC(O)CN2CCc3ccccc3C2)cc1Cl. The van der Waals surface area contributed by atoms with Crippen molar-refractivity contribution in [2.45, 2.75) is 19.1 Å². The van der Waals surface area contributed by atoms with Crippen LogP contribution in [-0.4, -0.2) is 35.7 Å². The molecule has 0 amide bonds. The lowest BCUT2D eigenvalue weighted by Crippen LogP contribution is -2.39. The van der Waals surface area contributed by atoms with Crippen molar-refractivity contribution in [2.75, 3.05) is 25.0 Å². The third-order valence-electron chi connectivity index (χ3n) is 4.31. The van der Waals surface area contributed by atoms with Crippen LogP contribution in [0, 0.1) is 11.3 Å². The van der Waals surface area contributed by atoms with Crippen molar-refractivity contribution in [3.05, 3.63) is 64.2 Å². The smallest absolute Gasteiger partial charge is 0.101 e. The van der Waals surface area contributed by atoms with Gasteiger partial charge in [-0.1, -0.05) is 35.9 Å². The van der Waals surface area contributed by atoms with Crippen LogP contribution in [-0.2, 0) is 13.0 Å². The molecule has 24 heavy (non-hydrogen) atoms. The van der Waals surface area contributed by atoms with E-state index in [1.807, 2.05) is 6.07 Å². The predicted octanol–water partition coefficient (Wildman–Crippen LogP) is 3.04. The fourth-order valence-electron chi connectivity index (χ4n) is 3.02. The number of β-amino-alcohol motifs (C(OH)–C–C–N with tert-alkyl or cyclic N) is 1. The first-order valence-corrected chi connectivity index (χ1v) is 8.44. The standard InChI is InChI=1S/C19H20ClN3O/c20-19-9-17(6-5-15(19)10-21)22-11-18(24)13-23-8-7-14-3-1-2-4-16(14)12-23/h1-6,9,18,22,24H,7-8,11-13H2. The van der Waals surface area contributed by atoms with Gasteiger partial charge in [-0.3, -0.25) is 4.90 Å². The van der Waals surface area contributed by atoms with Crippen LogP contribution in [0.4, 0.5) is 5.69 Å². The van der Waals surface area contributed by atoms with E-state index in [0.717, 1.165) is 25.2 Å². The second kappa shape index (κ2) is 7.67. The molecule has 0 fully saturated rings. The Labute approximate surface area is 147 Å². The Balaban J connectivity index is 1.51. The van der Waals surface area contributed by atoms with Crippen LogP contribution in [0.3, 0.4) is 0 Å². The lowest BCUT2D eigenvalue weighted by Gasteiger charge is -2.30. The molecule has 0 radical (unpaired) electrons. The molecule has 124 valence electrons. The zero-order valence-corrected chi connectivity index (χ0v) is 14.1. The Morgan fingerprint density at radius 3 is 2.79 bits per heavy atom. The first kappa shape index (κ1) is 16.8. The zero-order chi connectivity index (χ0) is 16.9. The minimum atomic E-state index is -0.468. The van der Waals surface area contributed by atoms with E-state index < -0.39 is 6.10 Å². The summed E-state index contributed by atoms with van der Waals surface area (Å²) in [5.74, 6) is 0. The number of nitriles is 1. The molecule has 1 aliphatic rings. The van der Waals surface area contributed by atoms with Gasteiger partial charge in [0.2, 0.25) is 0 Å². The van der Waals surface area contributed by atoms with Crippen molar-refractivity contribution in [1.82, 2.24) is 4.90 Å². The Morgan fingerprint density at radius 1 is 1.25 bits per heavy atom. The summed E-state index contributed by atoms with van der Waals surface area (Å²) < 4.78 is 0. The molecule has 0 aliphatic carbocycles. The monoisotopic (exact) mass is 341 g/mol. The number of aliphatic hydroxyl groups is 1. The Kier molecular flexibility index (Phi) is 5.37. The average molecular weight is 342 g/mol. The molecule has 1 heterocycles. The molecule has 0 bridgehead atoms. The number of rotatable bonds is 5. The minimum Gasteiger partial charge on any atom is -0.390 e. The number of aliphatic hydroxyl groups excluding tert-OH is 1. The zero-order valence-electron chi connectivity index (χ0n) is 13.4. The van der Waals surface area contributed by atoms with Crippen LogP contribution in [0.25, 0.3) is 0 Å². The van der Waals surface area contributed by atoms with Gasteiger partial charge in [0.15, 0.2) is 0 Å². The van der Waals surface area contributed by atoms with Crippen molar-refractivity contribution < 1.29 is 5.11 Å². The van der Waals surface area contributed by atoms with Gasteiger partial charge in [0.05, 0.1) is 16.7 Å². The van der Waals surface area contributed by atoms with Crippen molar-refractivity contribution in [3.8, 4) is 6.07 Å². The van der Waals surface area contributed by atoms with E-state index in [1.54, 1.807) is 18.2 Å². The van der Waals surface area contributed by atoms with Gasteiger partial charge in [-0.2, -0.15) is 5.26 Å². The van der Waals surface area contributed by atoms with Gasteiger partial charge in [0.1, 0.15) is 6.07 Å². The second-order valence-electron chi connectivity index (χ2n) is 6.09. The molecule has 2 N–H and O–H groups in total. The molecular formula is C19H20ClN3O. The van der Waals surface area contributed by atoms with E-state index in [4.69, 9.17) is 16.9 Å². The van der Waals surface area contributed by atoms with Crippen LogP contribution < -0.4 is 5.32 Å². The summed E-state index contributed by atoms with van der Waals surface area (Å²) in [5.41, 5.74) is 4.02. The lowest BCUT2D eigenvalue weighted by molar-refractivity contribution is 0.114. The summed E-state index contributed by atoms with van der Waals surface area (Å²) in [5, 5.41) is 22.8. The summed E-state index contributed by atoms with van der Waals surface area (Å²) in [4.78, 5) is 2.28. The molecule has 4 nitrogen and oxygen atoms in total. The quantitative estimate of drug-likeness (QED) is 0.877. The van der Waals surface area contributed by atoms with Crippen LogP contribution >= 0.6 is 11.6 Å². The maximum atomic E-state index is 10.3. The number of hydrogen-bond acceptors (Lipinski definition) is 4. The van der Waals surface area contributed by atoms with Crippen LogP contribution in [0.15, 0.2) is 42.5 Å². The third kappa shape index (κ3) is 4.07. The number of nitrogens with one attached hydrogen (secondary N) is 1. The molecule has 0 aromatic heterocycles. The van der Waals surface area contributed by atoms with Crippen LogP contribution in [0.1, 0.15) is 16.7 Å². The van der Waals surface area contributed by atoms with Gasteiger partial charge in [0, 0.05) is 31.9 Å². The first-order valence-electron chi connectivity index (χ1n) is 8.06. The highest BCUT2D eigenvalue weighted by Crippen LogP contribution is 2.21. The summed E-state index contributed by atoms with van der Waals surface area (Å²) in [6.45, 7) is 2.93. The number of nitrogens with zero attached hydrogens (tertiary/aromatic N) is 2. The lowest BCUT2D eigenvalue weighted by atomic mass is 10.00. The molecule has 5 heteroatoms. The summed E-state index contributed by atoms with van der Waals surface area (Å²) in [6.07, 6.45) is 0.561. The van der Waals surface area contributed by atoms with Gasteiger partial charge in [0.25, 0.3) is 0 Å². The van der Waals surface area contributed by atoms with Crippen molar-refractivity contribution in [2.24, 2.45) is 0 Å². The van der Waals surface area contributed by atoms with Gasteiger partial charge in [-0.25, -0.2) is 0 Å². The largest absolute Gasteiger partial charge is 0.390 e. The molecule has 2 aromatic carbocycles. The van der Waals surface area contributed by atoms with E-state index in [2.05, 4.69) is 34.5 Å². The third-order valence-corrected chi connectivity index (χ3v) is 4.62. The molecule has 2 aromatic rings. The predicted molar refractivity (Wildman–Crippen MR) is 96.1 cm³/mol. The number of halogens is 1. The van der Waals surface area contributed by atoms with Gasteiger partial charge in [-0.15, -0.1) is 0 Å². The molecule has 0 spiro atoms. The number of fused-ring (bicyclic) bond motifs is 1. The van der Waals surface area contributed by atoms with E-state index in [1.165, 1.54) is 11.1 Å². The van der Waals surface area contributed by atoms with Gasteiger partial charge >= 0.3 is 0 Å². The average Bonchev–Trinajstić information content (AvgIpc) is 2.60. The van der Waals surface area contributed by atoms with E-state index in [9.17, 15) is 5.11 Å². The number of benzene rings is 2. The Morgan fingerprint density at radius 2 is 2.04 bits per heavy atom. The second-order valence-corrected chi connectivity index (χ2v) is 6.50. The van der Waals surface area contributed by atoms with Crippen molar-refractivity contribution in [1.29, 1.82) is 5.26 Å². The normalized spacial score (nSPS) is 15.4. The highest BCUT2D eigenvalue weighted by Gasteiger charge is 2.18. The number of anilines is 1. The molecule has 1 atom stereocenters. The number of hydrogen-bond donors (Lipinski definition) is 2. The fraction of sp³-hybridized carbons (Fsp3) is 0.316. The molecule has 0 saturated heterocycles. The summed E-state index contributed by atoms with van der Waals surface area (Å²) in [7, 11) is 0. The molecule has 1 unspecified atom stereocenters. The Bertz CT molecular complexity index is 757. The van der Waals surface area contributed by atoms with Gasteiger partial charge in [-0.05, 0) is 35.7 Å². The molecular weight excluding hydrogens is 322 g/mol. The topological polar surface area (TPSA) is 59.3 Å². The van der Waals surface area contributed by atoms with E-state index in [-0.39, 0.29) is 0 Å². The van der Waals surface area contributed by atoms with Crippen molar-refractivity contribution in [3.63, 3.8) is 0 Å². The van der Waals surface area contributed by atoms with E-state index in [0.29, 0.717) is 23.7 Å². The minimum absolute atomic E-state index is 0.421.